The number of esters is 2. The van der Waals surface area contributed by atoms with Gasteiger partial charge in [-0.2, -0.15) is 0 Å². The number of rotatable bonds is 4. The Morgan fingerprint density at radius 2 is 1.82 bits per heavy atom. The van der Waals surface area contributed by atoms with Crippen molar-refractivity contribution in [3.05, 3.63) is 35.9 Å². The zero-order chi connectivity index (χ0) is 16.5. The molecule has 5 heteroatoms. The van der Waals surface area contributed by atoms with Crippen LogP contribution in [0.3, 0.4) is 0 Å². The summed E-state index contributed by atoms with van der Waals surface area (Å²) in [5.41, 5.74) is -0.353. The van der Waals surface area contributed by atoms with Crippen molar-refractivity contribution in [1.82, 2.24) is 0 Å². The fourth-order valence-electron chi connectivity index (χ4n) is 3.23. The van der Waals surface area contributed by atoms with Crippen molar-refractivity contribution in [2.75, 3.05) is 7.11 Å². The molecular weight excluding hydrogens is 284 g/mol. The molecule has 0 radical (unpaired) electrons. The molecular formula is C17H20O5. The summed E-state index contributed by atoms with van der Waals surface area (Å²) in [5, 5.41) is 0. The number of ether oxygens (including phenoxy) is 2. The minimum absolute atomic E-state index is 0.120. The van der Waals surface area contributed by atoms with Gasteiger partial charge in [-0.1, -0.05) is 37.3 Å². The molecule has 0 aliphatic carbocycles. The third-order valence-electron chi connectivity index (χ3n) is 4.25. The lowest BCUT2D eigenvalue weighted by Crippen LogP contribution is -2.41. The summed E-state index contributed by atoms with van der Waals surface area (Å²) in [5.74, 6) is -3.59. The minimum atomic E-state index is -1.07. The van der Waals surface area contributed by atoms with Crippen LogP contribution < -0.4 is 0 Å². The largest absolute Gasteiger partial charge is 0.468 e. The standard InChI is InChI=1S/C17H20O5/c1-10(14(18)11-8-6-5-7-9-11)13-12(15(19)21-4)16(20)22-17(13,2)3/h5-10,12-13H,1-4H3/t10-,12-,13+/m0/s1. The average molecular weight is 304 g/mol. The molecule has 0 unspecified atom stereocenters. The van der Waals surface area contributed by atoms with E-state index in [1.807, 2.05) is 6.07 Å². The molecule has 1 fully saturated rings. The molecule has 3 atom stereocenters. The zero-order valence-corrected chi connectivity index (χ0v) is 13.2. The Bertz CT molecular complexity index is 590. The van der Waals surface area contributed by atoms with Crippen LogP contribution >= 0.6 is 0 Å². The van der Waals surface area contributed by atoms with Crippen molar-refractivity contribution in [2.45, 2.75) is 26.4 Å². The number of cyclic esters (lactones) is 1. The van der Waals surface area contributed by atoms with E-state index < -0.39 is 35.3 Å². The van der Waals surface area contributed by atoms with Crippen LogP contribution in [0.5, 0.6) is 0 Å². The van der Waals surface area contributed by atoms with Gasteiger partial charge in [0.2, 0.25) is 0 Å². The third kappa shape index (κ3) is 2.75. The number of carbonyl (C=O) groups is 3. The maximum atomic E-state index is 12.7. The first-order valence-corrected chi connectivity index (χ1v) is 7.19. The van der Waals surface area contributed by atoms with E-state index in [1.165, 1.54) is 7.11 Å². The molecule has 118 valence electrons. The summed E-state index contributed by atoms with van der Waals surface area (Å²) in [4.78, 5) is 36.6. The highest BCUT2D eigenvalue weighted by atomic mass is 16.6. The molecule has 1 aliphatic heterocycles. The van der Waals surface area contributed by atoms with Crippen molar-refractivity contribution in [3.63, 3.8) is 0 Å². The Morgan fingerprint density at radius 1 is 1.23 bits per heavy atom. The Morgan fingerprint density at radius 3 is 2.36 bits per heavy atom. The molecule has 0 spiro atoms. The monoisotopic (exact) mass is 304 g/mol. The maximum absolute atomic E-state index is 12.7. The van der Waals surface area contributed by atoms with E-state index in [0.29, 0.717) is 5.56 Å². The van der Waals surface area contributed by atoms with E-state index in [2.05, 4.69) is 0 Å². The SMILES string of the molecule is COC(=O)[C@H]1C(=O)OC(C)(C)[C@@H]1[C@H](C)C(=O)c1ccccc1. The van der Waals surface area contributed by atoms with E-state index in [1.54, 1.807) is 45.0 Å². The molecule has 1 aromatic rings. The van der Waals surface area contributed by atoms with Crippen LogP contribution in [0, 0.1) is 17.8 Å². The molecule has 1 saturated heterocycles. The van der Waals surface area contributed by atoms with E-state index in [0.717, 1.165) is 0 Å². The van der Waals surface area contributed by atoms with Gasteiger partial charge in [-0.05, 0) is 13.8 Å². The van der Waals surface area contributed by atoms with Gasteiger partial charge in [0.05, 0.1) is 7.11 Å². The molecule has 0 saturated carbocycles. The first kappa shape index (κ1) is 16.2. The van der Waals surface area contributed by atoms with Gasteiger partial charge in [-0.15, -0.1) is 0 Å². The van der Waals surface area contributed by atoms with E-state index in [-0.39, 0.29) is 5.78 Å². The highest BCUT2D eigenvalue weighted by Gasteiger charge is 2.57. The number of methoxy groups -OCH3 is 1. The first-order chi connectivity index (χ1) is 10.3. The van der Waals surface area contributed by atoms with Crippen molar-refractivity contribution in [1.29, 1.82) is 0 Å². The number of benzene rings is 1. The molecule has 2 rings (SSSR count). The molecule has 5 nitrogen and oxygen atoms in total. The fraction of sp³-hybridized carbons (Fsp3) is 0.471. The van der Waals surface area contributed by atoms with Crippen LogP contribution in [0.4, 0.5) is 0 Å². The van der Waals surface area contributed by atoms with E-state index in [9.17, 15) is 14.4 Å². The second kappa shape index (κ2) is 5.91. The van der Waals surface area contributed by atoms with Crippen LogP contribution in [0.25, 0.3) is 0 Å². The molecule has 22 heavy (non-hydrogen) atoms. The molecule has 1 heterocycles. The van der Waals surface area contributed by atoms with Gasteiger partial charge in [0.1, 0.15) is 5.60 Å². The summed E-state index contributed by atoms with van der Waals surface area (Å²) >= 11 is 0. The van der Waals surface area contributed by atoms with Crippen molar-refractivity contribution >= 4 is 17.7 Å². The van der Waals surface area contributed by atoms with Gasteiger partial charge >= 0.3 is 11.9 Å². The van der Waals surface area contributed by atoms with E-state index >= 15 is 0 Å². The minimum Gasteiger partial charge on any atom is -0.468 e. The predicted octanol–water partition coefficient (Wildman–Crippen LogP) is 2.25. The van der Waals surface area contributed by atoms with Crippen molar-refractivity contribution in [3.8, 4) is 0 Å². The number of Topliss-reactive ketones (excluding diaryl/α,β-unsaturated/α-hetero) is 1. The van der Waals surface area contributed by atoms with Crippen LogP contribution in [-0.2, 0) is 19.1 Å². The number of ketones is 1. The lowest BCUT2D eigenvalue weighted by Gasteiger charge is -2.30. The Balaban J connectivity index is 2.36. The van der Waals surface area contributed by atoms with Gasteiger partial charge in [0, 0.05) is 17.4 Å². The molecule has 0 amide bonds. The van der Waals surface area contributed by atoms with Gasteiger partial charge in [0.15, 0.2) is 11.7 Å². The quantitative estimate of drug-likeness (QED) is 0.485. The highest BCUT2D eigenvalue weighted by Crippen LogP contribution is 2.43. The maximum Gasteiger partial charge on any atom is 0.321 e. The van der Waals surface area contributed by atoms with Gasteiger partial charge in [0.25, 0.3) is 0 Å². The lowest BCUT2D eigenvalue weighted by molar-refractivity contribution is -0.156. The smallest absolute Gasteiger partial charge is 0.321 e. The second-order valence-electron chi connectivity index (χ2n) is 6.07. The van der Waals surface area contributed by atoms with Gasteiger partial charge in [-0.25, -0.2) is 0 Å². The van der Waals surface area contributed by atoms with E-state index in [4.69, 9.17) is 9.47 Å². The Kier molecular flexibility index (Phi) is 4.35. The van der Waals surface area contributed by atoms with Crippen molar-refractivity contribution < 1.29 is 23.9 Å². The predicted molar refractivity (Wildman–Crippen MR) is 79.1 cm³/mol. The number of hydrogen-bond donors (Lipinski definition) is 0. The topological polar surface area (TPSA) is 69.7 Å². The average Bonchev–Trinajstić information content (AvgIpc) is 2.74. The van der Waals surface area contributed by atoms with Gasteiger partial charge in [-0.3, -0.25) is 14.4 Å². The molecule has 1 aliphatic rings. The summed E-state index contributed by atoms with van der Waals surface area (Å²) in [6, 6.07) is 8.82. The molecule has 0 aromatic heterocycles. The number of hydrogen-bond acceptors (Lipinski definition) is 5. The summed E-state index contributed by atoms with van der Waals surface area (Å²) in [6.07, 6.45) is 0. The first-order valence-electron chi connectivity index (χ1n) is 7.19. The Labute approximate surface area is 129 Å². The van der Waals surface area contributed by atoms with Gasteiger partial charge < -0.3 is 9.47 Å². The highest BCUT2D eigenvalue weighted by molar-refractivity contribution is 6.01. The fourth-order valence-corrected chi connectivity index (χ4v) is 3.23. The van der Waals surface area contributed by atoms with Crippen molar-refractivity contribution in [2.24, 2.45) is 17.8 Å². The zero-order valence-electron chi connectivity index (χ0n) is 13.2. The molecule has 0 N–H and O–H groups in total. The lowest BCUT2D eigenvalue weighted by atomic mass is 9.72. The van der Waals surface area contributed by atoms with Crippen LogP contribution in [0.15, 0.2) is 30.3 Å². The van der Waals surface area contributed by atoms with Crippen LogP contribution in [-0.4, -0.2) is 30.4 Å². The molecule has 0 bridgehead atoms. The molecule has 1 aromatic carbocycles. The normalized spacial score (nSPS) is 24.5. The summed E-state index contributed by atoms with van der Waals surface area (Å²) < 4.78 is 10.0. The Hall–Kier alpha value is -2.17. The van der Waals surface area contributed by atoms with Crippen LogP contribution in [0.2, 0.25) is 0 Å². The number of carbonyl (C=O) groups excluding carboxylic acids is 3. The second-order valence-corrected chi connectivity index (χ2v) is 6.07. The summed E-state index contributed by atoms with van der Waals surface area (Å²) in [6.45, 7) is 5.15. The summed E-state index contributed by atoms with van der Waals surface area (Å²) in [7, 11) is 1.22. The third-order valence-corrected chi connectivity index (χ3v) is 4.25. The van der Waals surface area contributed by atoms with Crippen LogP contribution in [0.1, 0.15) is 31.1 Å².